The molecule has 0 aliphatic carbocycles. The molecule has 0 aliphatic heterocycles. The third-order valence-corrected chi connectivity index (χ3v) is 2.11. The van der Waals surface area contributed by atoms with E-state index in [1.165, 1.54) is 0 Å². The minimum Gasteiger partial charge on any atom is -0.303 e. The van der Waals surface area contributed by atoms with Gasteiger partial charge in [0.05, 0.1) is 0 Å². The Kier molecular flexibility index (Phi) is 3.70. The fourth-order valence-electron chi connectivity index (χ4n) is 1.23. The second kappa shape index (κ2) is 4.81. The predicted octanol–water partition coefficient (Wildman–Crippen LogP) is -0.0177. The topological polar surface area (TPSA) is 64.8 Å². The summed E-state index contributed by atoms with van der Waals surface area (Å²) in [6, 6.07) is 0. The van der Waals surface area contributed by atoms with Crippen LogP contribution in [0.1, 0.15) is 19.7 Å². The number of rotatable bonds is 5. The van der Waals surface area contributed by atoms with Crippen LogP contribution in [0, 0.1) is 0 Å². The van der Waals surface area contributed by atoms with Crippen molar-refractivity contribution < 1.29 is 0 Å². The number of likely N-dealkylation sites (N-methyl/N-ethyl adjacent to an activating group) is 1. The third-order valence-electron chi connectivity index (χ3n) is 2.11. The van der Waals surface area contributed by atoms with E-state index in [0.29, 0.717) is 0 Å². The number of nitrogens with zero attached hydrogens (tertiary/aromatic N) is 2. The standard InChI is InChI=1S/C8H16N4O/c1-3-12(4-2)6-5-7-9-8(13)11-10-7/h3-6H2,1-2H3,(H2,9,10,11,13). The first-order valence-electron chi connectivity index (χ1n) is 4.62. The largest absolute Gasteiger partial charge is 0.340 e. The maximum atomic E-state index is 10.7. The summed E-state index contributed by atoms with van der Waals surface area (Å²) in [7, 11) is 0. The van der Waals surface area contributed by atoms with Gasteiger partial charge < -0.3 is 4.90 Å². The number of aromatic amines is 2. The second-order valence-electron chi connectivity index (χ2n) is 2.90. The van der Waals surface area contributed by atoms with Crippen molar-refractivity contribution in [2.45, 2.75) is 20.3 Å². The number of H-pyrrole nitrogens is 2. The van der Waals surface area contributed by atoms with Crippen molar-refractivity contribution in [2.24, 2.45) is 0 Å². The summed E-state index contributed by atoms with van der Waals surface area (Å²) in [4.78, 5) is 15.6. The molecule has 1 heterocycles. The Morgan fingerprint density at radius 3 is 2.54 bits per heavy atom. The van der Waals surface area contributed by atoms with Crippen LogP contribution < -0.4 is 5.69 Å². The normalized spacial score (nSPS) is 11.0. The molecular weight excluding hydrogens is 168 g/mol. The minimum atomic E-state index is -0.227. The summed E-state index contributed by atoms with van der Waals surface area (Å²) >= 11 is 0. The highest BCUT2D eigenvalue weighted by atomic mass is 16.1. The Hall–Kier alpha value is -1.10. The van der Waals surface area contributed by atoms with Gasteiger partial charge in [0, 0.05) is 13.0 Å². The summed E-state index contributed by atoms with van der Waals surface area (Å²) in [5.74, 6) is 0.733. The Labute approximate surface area is 77.2 Å². The Morgan fingerprint density at radius 1 is 1.38 bits per heavy atom. The van der Waals surface area contributed by atoms with E-state index >= 15 is 0 Å². The van der Waals surface area contributed by atoms with Crippen LogP contribution >= 0.6 is 0 Å². The van der Waals surface area contributed by atoms with Gasteiger partial charge in [-0.2, -0.15) is 5.10 Å². The van der Waals surface area contributed by atoms with Gasteiger partial charge in [-0.15, -0.1) is 0 Å². The molecule has 0 amide bonds. The van der Waals surface area contributed by atoms with Crippen LogP contribution in [0.4, 0.5) is 0 Å². The van der Waals surface area contributed by atoms with Crippen LogP contribution in [0.2, 0.25) is 0 Å². The number of hydrogen-bond acceptors (Lipinski definition) is 3. The van der Waals surface area contributed by atoms with Crippen LogP contribution in [-0.4, -0.2) is 39.7 Å². The van der Waals surface area contributed by atoms with Gasteiger partial charge in [-0.05, 0) is 13.1 Å². The van der Waals surface area contributed by atoms with Crippen molar-refractivity contribution in [1.29, 1.82) is 0 Å². The molecular formula is C8H16N4O. The zero-order valence-electron chi connectivity index (χ0n) is 8.13. The average molecular weight is 184 g/mol. The first kappa shape index (κ1) is 9.98. The molecule has 0 aliphatic rings. The van der Waals surface area contributed by atoms with Gasteiger partial charge in [0.25, 0.3) is 0 Å². The van der Waals surface area contributed by atoms with Gasteiger partial charge in [-0.3, -0.25) is 4.98 Å². The Morgan fingerprint density at radius 2 is 2.08 bits per heavy atom. The maximum Gasteiger partial charge on any atom is 0.340 e. The third kappa shape index (κ3) is 3.02. The lowest BCUT2D eigenvalue weighted by Crippen LogP contribution is -2.25. The molecule has 0 spiro atoms. The molecule has 1 rings (SSSR count). The van der Waals surface area contributed by atoms with Crippen molar-refractivity contribution in [3.63, 3.8) is 0 Å². The Balaban J connectivity index is 2.38. The van der Waals surface area contributed by atoms with E-state index in [1.807, 2.05) is 0 Å². The van der Waals surface area contributed by atoms with Crippen LogP contribution in [0.5, 0.6) is 0 Å². The lowest BCUT2D eigenvalue weighted by atomic mass is 10.3. The molecule has 0 saturated carbocycles. The van der Waals surface area contributed by atoms with E-state index in [9.17, 15) is 4.79 Å². The average Bonchev–Trinajstić information content (AvgIpc) is 2.53. The van der Waals surface area contributed by atoms with E-state index in [4.69, 9.17) is 0 Å². The molecule has 1 aromatic heterocycles. The van der Waals surface area contributed by atoms with Gasteiger partial charge in [0.1, 0.15) is 5.82 Å². The first-order chi connectivity index (χ1) is 6.26. The molecule has 0 atom stereocenters. The van der Waals surface area contributed by atoms with E-state index in [2.05, 4.69) is 33.9 Å². The quantitative estimate of drug-likeness (QED) is 0.676. The molecule has 13 heavy (non-hydrogen) atoms. The first-order valence-corrected chi connectivity index (χ1v) is 4.62. The highest BCUT2D eigenvalue weighted by molar-refractivity contribution is 4.81. The summed E-state index contributed by atoms with van der Waals surface area (Å²) in [5.41, 5.74) is -0.227. The van der Waals surface area contributed by atoms with Gasteiger partial charge >= 0.3 is 5.69 Å². The molecule has 0 unspecified atom stereocenters. The maximum absolute atomic E-state index is 10.7. The highest BCUT2D eigenvalue weighted by Crippen LogP contribution is 1.91. The lowest BCUT2D eigenvalue weighted by molar-refractivity contribution is 0.306. The Bertz CT molecular complexity index is 286. The lowest BCUT2D eigenvalue weighted by Gasteiger charge is -2.16. The highest BCUT2D eigenvalue weighted by Gasteiger charge is 2.01. The van der Waals surface area contributed by atoms with Crippen molar-refractivity contribution in [1.82, 2.24) is 20.1 Å². The summed E-state index contributed by atoms with van der Waals surface area (Å²) in [6.45, 7) is 7.25. The molecule has 5 nitrogen and oxygen atoms in total. The monoisotopic (exact) mass is 184 g/mol. The number of nitrogens with one attached hydrogen (secondary N) is 2. The van der Waals surface area contributed by atoms with Crippen molar-refractivity contribution >= 4 is 0 Å². The summed E-state index contributed by atoms with van der Waals surface area (Å²) < 4.78 is 0. The fraction of sp³-hybridized carbons (Fsp3) is 0.750. The van der Waals surface area contributed by atoms with Crippen LogP contribution in [0.3, 0.4) is 0 Å². The fourth-order valence-corrected chi connectivity index (χ4v) is 1.23. The molecule has 0 aromatic carbocycles. The van der Waals surface area contributed by atoms with E-state index in [0.717, 1.165) is 31.9 Å². The number of aromatic nitrogens is 3. The predicted molar refractivity (Wildman–Crippen MR) is 50.7 cm³/mol. The van der Waals surface area contributed by atoms with E-state index in [-0.39, 0.29) is 5.69 Å². The van der Waals surface area contributed by atoms with Crippen LogP contribution in [0.15, 0.2) is 4.79 Å². The molecule has 2 N–H and O–H groups in total. The van der Waals surface area contributed by atoms with Crippen molar-refractivity contribution in [2.75, 3.05) is 19.6 Å². The van der Waals surface area contributed by atoms with Gasteiger partial charge in [-0.25, -0.2) is 9.89 Å². The zero-order valence-corrected chi connectivity index (χ0v) is 8.13. The van der Waals surface area contributed by atoms with Crippen LogP contribution in [-0.2, 0) is 6.42 Å². The molecule has 0 saturated heterocycles. The molecule has 74 valence electrons. The van der Waals surface area contributed by atoms with Gasteiger partial charge in [0.15, 0.2) is 0 Å². The van der Waals surface area contributed by atoms with Gasteiger partial charge in [0.2, 0.25) is 0 Å². The zero-order chi connectivity index (χ0) is 9.68. The van der Waals surface area contributed by atoms with Gasteiger partial charge in [-0.1, -0.05) is 13.8 Å². The summed E-state index contributed by atoms with van der Waals surface area (Å²) in [6.07, 6.45) is 0.792. The SMILES string of the molecule is CCN(CC)CCc1n[nH]c(=O)[nH]1. The van der Waals surface area contributed by atoms with Crippen LogP contribution in [0.25, 0.3) is 0 Å². The number of hydrogen-bond donors (Lipinski definition) is 2. The molecule has 0 bridgehead atoms. The van der Waals surface area contributed by atoms with Crippen molar-refractivity contribution in [3.8, 4) is 0 Å². The van der Waals surface area contributed by atoms with Crippen molar-refractivity contribution in [3.05, 3.63) is 16.3 Å². The molecule has 5 heteroatoms. The minimum absolute atomic E-state index is 0.227. The smallest absolute Gasteiger partial charge is 0.303 e. The summed E-state index contributed by atoms with van der Waals surface area (Å²) in [5, 5.41) is 6.19. The molecule has 0 fully saturated rings. The second-order valence-corrected chi connectivity index (χ2v) is 2.90. The molecule has 1 aromatic rings. The molecule has 0 radical (unpaired) electrons. The van der Waals surface area contributed by atoms with E-state index in [1.54, 1.807) is 0 Å². The van der Waals surface area contributed by atoms with E-state index < -0.39 is 0 Å².